The molecule has 16 heavy (non-hydrogen) atoms. The number of hydrogen-bond donors (Lipinski definition) is 0. The highest BCUT2D eigenvalue weighted by atomic mass is 32.2. The Balaban J connectivity index is 3.12. The van der Waals surface area contributed by atoms with E-state index in [9.17, 15) is 4.57 Å². The molecule has 6 heteroatoms. The lowest BCUT2D eigenvalue weighted by molar-refractivity contribution is 0.227. The quantitative estimate of drug-likeness (QED) is 0.400. The zero-order chi connectivity index (χ0) is 12.1. The maximum Gasteiger partial charge on any atom is 0.697 e. The second-order valence-electron chi connectivity index (χ2n) is 2.99. The van der Waals surface area contributed by atoms with Gasteiger partial charge in [-0.1, -0.05) is 13.8 Å². The Morgan fingerprint density at radius 3 is 1.75 bits per heavy atom. The maximum absolute atomic E-state index is 11.2. The molecule has 0 bridgehead atoms. The molecular formula is C10H22O3PS2+. The molecule has 0 heterocycles. The summed E-state index contributed by atoms with van der Waals surface area (Å²) >= 11 is 3.74. The molecule has 0 radical (unpaired) electrons. The largest absolute Gasteiger partial charge is 0.697 e. The van der Waals surface area contributed by atoms with Crippen LogP contribution in [0.15, 0.2) is 0 Å². The predicted octanol–water partition coefficient (Wildman–Crippen LogP) is 3.96. The first kappa shape index (κ1) is 16.7. The van der Waals surface area contributed by atoms with Crippen LogP contribution in [0.25, 0.3) is 0 Å². The van der Waals surface area contributed by atoms with Crippen LogP contribution in [0.4, 0.5) is 0 Å². The van der Waals surface area contributed by atoms with Gasteiger partial charge in [0.25, 0.3) is 0 Å². The van der Waals surface area contributed by atoms with Crippen LogP contribution in [0.3, 0.4) is 0 Å². The second-order valence-corrected chi connectivity index (χ2v) is 6.74. The Labute approximate surface area is 108 Å². The molecule has 0 saturated heterocycles. The Morgan fingerprint density at radius 2 is 1.38 bits per heavy atom. The highest BCUT2D eigenvalue weighted by Crippen LogP contribution is 2.24. The summed E-state index contributed by atoms with van der Waals surface area (Å²) in [5.74, 6) is 4.37. The smallest absolute Gasteiger partial charge is 0.162 e. The molecule has 0 aliphatic carbocycles. The van der Waals surface area contributed by atoms with E-state index in [0.29, 0.717) is 13.2 Å². The van der Waals surface area contributed by atoms with Gasteiger partial charge in [0.1, 0.15) is 13.2 Å². The van der Waals surface area contributed by atoms with Crippen molar-refractivity contribution in [1.82, 2.24) is 0 Å². The fraction of sp³-hybridized carbons (Fsp3) is 1.00. The van der Waals surface area contributed by atoms with Crippen LogP contribution in [0.1, 0.15) is 26.7 Å². The minimum atomic E-state index is -1.89. The highest BCUT2D eigenvalue weighted by Gasteiger charge is 2.18. The highest BCUT2D eigenvalue weighted by molar-refractivity contribution is 7.99. The van der Waals surface area contributed by atoms with Crippen molar-refractivity contribution >= 4 is 31.8 Å². The molecule has 0 rings (SSSR count). The van der Waals surface area contributed by atoms with Crippen LogP contribution in [0.2, 0.25) is 0 Å². The summed E-state index contributed by atoms with van der Waals surface area (Å²) in [5, 5.41) is 0. The topological polar surface area (TPSA) is 35.5 Å². The van der Waals surface area contributed by atoms with E-state index in [1.807, 2.05) is 23.5 Å². The van der Waals surface area contributed by atoms with Gasteiger partial charge in [-0.15, -0.1) is 9.05 Å². The summed E-state index contributed by atoms with van der Waals surface area (Å²) in [6.45, 7) is 5.32. The van der Waals surface area contributed by atoms with Crippen LogP contribution in [-0.4, -0.2) is 36.2 Å². The van der Waals surface area contributed by atoms with E-state index in [1.54, 1.807) is 0 Å². The minimum absolute atomic E-state index is 0.534. The van der Waals surface area contributed by atoms with Crippen LogP contribution >= 0.6 is 31.8 Å². The Morgan fingerprint density at radius 1 is 0.938 bits per heavy atom. The van der Waals surface area contributed by atoms with E-state index >= 15 is 0 Å². The third-order valence-electron chi connectivity index (χ3n) is 1.67. The van der Waals surface area contributed by atoms with Crippen molar-refractivity contribution in [3.63, 3.8) is 0 Å². The molecule has 0 atom stereocenters. The van der Waals surface area contributed by atoms with Crippen molar-refractivity contribution < 1.29 is 13.6 Å². The molecule has 0 aromatic carbocycles. The van der Waals surface area contributed by atoms with Gasteiger partial charge >= 0.3 is 8.25 Å². The average molecular weight is 285 g/mol. The first-order chi connectivity index (χ1) is 7.81. The molecule has 0 N–H and O–H groups in total. The molecule has 3 nitrogen and oxygen atoms in total. The zero-order valence-corrected chi connectivity index (χ0v) is 12.7. The molecule has 0 aliphatic heterocycles. The van der Waals surface area contributed by atoms with Crippen LogP contribution < -0.4 is 0 Å². The van der Waals surface area contributed by atoms with E-state index in [0.717, 1.165) is 35.9 Å². The molecule has 0 aromatic heterocycles. The summed E-state index contributed by atoms with van der Waals surface area (Å²) in [6.07, 6.45) is 1.88. The van der Waals surface area contributed by atoms with E-state index < -0.39 is 8.25 Å². The Bertz CT molecular complexity index is 154. The molecule has 0 aromatic rings. The van der Waals surface area contributed by atoms with Gasteiger partial charge in [0.2, 0.25) is 0 Å². The third-order valence-corrected chi connectivity index (χ3v) is 4.43. The summed E-state index contributed by atoms with van der Waals surface area (Å²) in [7, 11) is -1.89. The van der Waals surface area contributed by atoms with Gasteiger partial charge in [-0.2, -0.15) is 23.5 Å². The fourth-order valence-electron chi connectivity index (χ4n) is 0.926. The van der Waals surface area contributed by atoms with Crippen molar-refractivity contribution in [2.24, 2.45) is 0 Å². The van der Waals surface area contributed by atoms with E-state index in [-0.39, 0.29) is 0 Å². The third kappa shape index (κ3) is 12.8. The summed E-state index contributed by atoms with van der Waals surface area (Å²) in [6, 6.07) is 0. The standard InChI is InChI=1S/C10H22O3PS2/c1-3-15-9-5-7-12-14(11)13-8-6-10-16-4-2/h3-10H2,1-2H3/q+1. The van der Waals surface area contributed by atoms with Crippen molar-refractivity contribution in [3.8, 4) is 0 Å². The molecule has 0 fully saturated rings. The van der Waals surface area contributed by atoms with Gasteiger partial charge in [-0.3, -0.25) is 0 Å². The minimum Gasteiger partial charge on any atom is -0.162 e. The summed E-state index contributed by atoms with van der Waals surface area (Å²) in [4.78, 5) is 0. The molecule has 0 aliphatic rings. The second kappa shape index (κ2) is 13.8. The molecule has 0 unspecified atom stereocenters. The van der Waals surface area contributed by atoms with Gasteiger partial charge in [0, 0.05) is 4.57 Å². The van der Waals surface area contributed by atoms with Crippen LogP contribution in [0.5, 0.6) is 0 Å². The van der Waals surface area contributed by atoms with E-state index in [2.05, 4.69) is 13.8 Å². The van der Waals surface area contributed by atoms with Crippen LogP contribution in [0, 0.1) is 0 Å². The van der Waals surface area contributed by atoms with Crippen molar-refractivity contribution in [3.05, 3.63) is 0 Å². The molecule has 0 spiro atoms. The average Bonchev–Trinajstić information content (AvgIpc) is 2.28. The lowest BCUT2D eigenvalue weighted by Crippen LogP contribution is -1.94. The molecule has 96 valence electrons. The fourth-order valence-corrected chi connectivity index (χ4v) is 2.78. The van der Waals surface area contributed by atoms with Crippen molar-refractivity contribution in [1.29, 1.82) is 0 Å². The number of hydrogen-bond acceptors (Lipinski definition) is 5. The van der Waals surface area contributed by atoms with Crippen molar-refractivity contribution in [2.45, 2.75) is 26.7 Å². The lowest BCUT2D eigenvalue weighted by Gasteiger charge is -1.95. The first-order valence-electron chi connectivity index (χ1n) is 5.69. The summed E-state index contributed by atoms with van der Waals surface area (Å²) < 4.78 is 21.3. The van der Waals surface area contributed by atoms with Gasteiger partial charge in [-0.05, 0) is 35.9 Å². The Hall–Kier alpha value is 0.720. The first-order valence-corrected chi connectivity index (χ1v) is 9.10. The number of thioether (sulfide) groups is 2. The lowest BCUT2D eigenvalue weighted by atomic mass is 10.5. The Kier molecular flexibility index (Phi) is 14.4. The SMILES string of the molecule is CCSCCCO[P+](=O)OCCCSCC. The monoisotopic (exact) mass is 285 g/mol. The predicted molar refractivity (Wildman–Crippen MR) is 74.7 cm³/mol. The zero-order valence-electron chi connectivity index (χ0n) is 10.1. The van der Waals surface area contributed by atoms with Gasteiger partial charge in [-0.25, -0.2) is 0 Å². The molecule has 0 saturated carbocycles. The normalized spacial score (nSPS) is 10.6. The van der Waals surface area contributed by atoms with E-state index in [1.165, 1.54) is 0 Å². The van der Waals surface area contributed by atoms with E-state index in [4.69, 9.17) is 9.05 Å². The summed E-state index contributed by atoms with van der Waals surface area (Å²) in [5.41, 5.74) is 0. The maximum atomic E-state index is 11.2. The van der Waals surface area contributed by atoms with Crippen LogP contribution in [-0.2, 0) is 13.6 Å². The van der Waals surface area contributed by atoms with Crippen molar-refractivity contribution in [2.75, 3.05) is 36.2 Å². The molecular weight excluding hydrogens is 263 g/mol. The van der Waals surface area contributed by atoms with Gasteiger partial charge in [0.15, 0.2) is 0 Å². The molecule has 0 amide bonds. The number of rotatable bonds is 12. The van der Waals surface area contributed by atoms with Gasteiger partial charge in [0.05, 0.1) is 0 Å². The van der Waals surface area contributed by atoms with Gasteiger partial charge < -0.3 is 0 Å².